The molecule has 2 aromatic rings. The minimum atomic E-state index is -0.327. The quantitative estimate of drug-likeness (QED) is 0.550. The van der Waals surface area contributed by atoms with Crippen molar-refractivity contribution in [2.75, 3.05) is 18.8 Å². The molecule has 0 atom stereocenters. The lowest BCUT2D eigenvalue weighted by Crippen LogP contribution is -2.32. The lowest BCUT2D eigenvalue weighted by atomic mass is 10.1. The highest BCUT2D eigenvalue weighted by atomic mass is 32.2. The Hall–Kier alpha value is -2.15. The van der Waals surface area contributed by atoms with E-state index < -0.39 is 0 Å². The molecule has 0 radical (unpaired) electrons. The van der Waals surface area contributed by atoms with Crippen LogP contribution < -0.4 is 5.56 Å². The van der Waals surface area contributed by atoms with Gasteiger partial charge in [0, 0.05) is 37.8 Å². The number of hydrogen-bond donors (Lipinski definition) is 0. The van der Waals surface area contributed by atoms with Crippen LogP contribution in [0, 0.1) is 12.7 Å². The van der Waals surface area contributed by atoms with Crippen molar-refractivity contribution in [2.45, 2.75) is 32.3 Å². The summed E-state index contributed by atoms with van der Waals surface area (Å²) in [5.41, 5.74) is 1.70. The number of halogens is 1. The number of aryl methyl sites for hydroxylation is 1. The average Bonchev–Trinajstić information content (AvgIpc) is 2.61. The summed E-state index contributed by atoms with van der Waals surface area (Å²) in [4.78, 5) is 31.1. The predicted molar refractivity (Wildman–Crippen MR) is 102 cm³/mol. The molecule has 2 rings (SSSR count). The van der Waals surface area contributed by atoms with E-state index in [1.54, 1.807) is 31.0 Å². The van der Waals surface area contributed by atoms with Crippen LogP contribution in [0.5, 0.6) is 0 Å². The molecule has 0 N–H and O–H groups in total. The Morgan fingerprint density at radius 2 is 2.00 bits per heavy atom. The first kappa shape index (κ1) is 20.2. The van der Waals surface area contributed by atoms with Gasteiger partial charge in [0.1, 0.15) is 5.82 Å². The molecule has 0 spiro atoms. The molecular formula is C19H24FN3O2S. The van der Waals surface area contributed by atoms with Gasteiger partial charge in [0.05, 0.1) is 5.75 Å². The number of carbonyl (C=O) groups excluding carboxylic acids is 1. The van der Waals surface area contributed by atoms with Crippen LogP contribution in [-0.2, 0) is 18.3 Å². The number of carbonyl (C=O) groups is 1. The fourth-order valence-corrected chi connectivity index (χ4v) is 3.62. The summed E-state index contributed by atoms with van der Waals surface area (Å²) >= 11 is 1.26. The lowest BCUT2D eigenvalue weighted by Gasteiger charge is -2.18. The maximum atomic E-state index is 13.4. The number of amides is 1. The summed E-state index contributed by atoms with van der Waals surface area (Å²) in [5.74, 6) is -0.0623. The van der Waals surface area contributed by atoms with Gasteiger partial charge in [-0.3, -0.25) is 14.2 Å². The predicted octanol–water partition coefficient (Wildman–Crippen LogP) is 2.78. The second kappa shape index (κ2) is 8.98. The zero-order valence-electron chi connectivity index (χ0n) is 15.6. The van der Waals surface area contributed by atoms with Crippen molar-refractivity contribution in [1.82, 2.24) is 14.5 Å². The van der Waals surface area contributed by atoms with Crippen molar-refractivity contribution in [1.29, 1.82) is 0 Å². The molecule has 0 aliphatic carbocycles. The molecule has 0 saturated heterocycles. The van der Waals surface area contributed by atoms with Crippen LogP contribution in [0.2, 0.25) is 0 Å². The van der Waals surface area contributed by atoms with Gasteiger partial charge in [0.15, 0.2) is 5.16 Å². The van der Waals surface area contributed by atoms with Crippen molar-refractivity contribution in [2.24, 2.45) is 7.05 Å². The molecule has 5 nitrogen and oxygen atoms in total. The van der Waals surface area contributed by atoms with Crippen molar-refractivity contribution >= 4 is 17.7 Å². The summed E-state index contributed by atoms with van der Waals surface area (Å²) in [6.07, 6.45) is 0.326. The van der Waals surface area contributed by atoms with Crippen LogP contribution in [-0.4, -0.2) is 39.2 Å². The van der Waals surface area contributed by atoms with Crippen molar-refractivity contribution < 1.29 is 9.18 Å². The van der Waals surface area contributed by atoms with E-state index in [1.165, 1.54) is 28.5 Å². The fraction of sp³-hybridized carbons (Fsp3) is 0.421. The SMILES string of the molecule is CCN(CC)C(=O)CSc1nc(C)c(Cc2cccc(F)c2)c(=O)n1C. The van der Waals surface area contributed by atoms with Crippen LogP contribution >= 0.6 is 11.8 Å². The van der Waals surface area contributed by atoms with Crippen LogP contribution in [0.3, 0.4) is 0 Å². The number of benzene rings is 1. The normalized spacial score (nSPS) is 10.8. The van der Waals surface area contributed by atoms with E-state index in [1.807, 2.05) is 13.8 Å². The van der Waals surface area contributed by atoms with E-state index in [9.17, 15) is 14.0 Å². The Kier molecular flexibility index (Phi) is 6.97. The number of hydrogen-bond acceptors (Lipinski definition) is 4. The minimum Gasteiger partial charge on any atom is -0.343 e. The van der Waals surface area contributed by atoms with Gasteiger partial charge in [0.25, 0.3) is 5.56 Å². The van der Waals surface area contributed by atoms with E-state index in [2.05, 4.69) is 4.98 Å². The monoisotopic (exact) mass is 377 g/mol. The maximum Gasteiger partial charge on any atom is 0.257 e. The first-order valence-corrected chi connectivity index (χ1v) is 9.57. The van der Waals surface area contributed by atoms with Gasteiger partial charge in [-0.2, -0.15) is 0 Å². The molecule has 1 heterocycles. The zero-order chi connectivity index (χ0) is 19.3. The molecule has 7 heteroatoms. The van der Waals surface area contributed by atoms with E-state index in [0.29, 0.717) is 35.9 Å². The molecule has 26 heavy (non-hydrogen) atoms. The molecule has 1 aromatic carbocycles. The highest BCUT2D eigenvalue weighted by Gasteiger charge is 2.16. The number of rotatable bonds is 7. The van der Waals surface area contributed by atoms with Gasteiger partial charge in [-0.25, -0.2) is 9.37 Å². The number of aromatic nitrogens is 2. The average molecular weight is 377 g/mol. The minimum absolute atomic E-state index is 0.0238. The molecule has 0 bridgehead atoms. The number of nitrogens with zero attached hydrogens (tertiary/aromatic N) is 3. The standard InChI is InChI=1S/C19H24FN3O2S/c1-5-23(6-2)17(24)12-26-19-21-13(3)16(18(25)22(19)4)11-14-8-7-9-15(20)10-14/h7-10H,5-6,11-12H2,1-4H3. The molecular weight excluding hydrogens is 353 g/mol. The summed E-state index contributed by atoms with van der Waals surface area (Å²) in [5, 5.41) is 0.510. The summed E-state index contributed by atoms with van der Waals surface area (Å²) in [7, 11) is 1.65. The third-order valence-electron chi connectivity index (χ3n) is 4.26. The van der Waals surface area contributed by atoms with Gasteiger partial charge in [0.2, 0.25) is 5.91 Å². The second-order valence-electron chi connectivity index (χ2n) is 5.98. The first-order valence-electron chi connectivity index (χ1n) is 8.58. The van der Waals surface area contributed by atoms with Crippen LogP contribution in [0.4, 0.5) is 4.39 Å². The van der Waals surface area contributed by atoms with Gasteiger partial charge in [-0.05, 0) is 38.5 Å². The Bertz CT molecular complexity index is 847. The third-order valence-corrected chi connectivity index (χ3v) is 5.28. The van der Waals surface area contributed by atoms with Gasteiger partial charge < -0.3 is 4.90 Å². The maximum absolute atomic E-state index is 13.4. The molecule has 0 aliphatic rings. The molecule has 0 unspecified atom stereocenters. The van der Waals surface area contributed by atoms with E-state index in [0.717, 1.165) is 5.56 Å². The number of thioether (sulfide) groups is 1. The van der Waals surface area contributed by atoms with Crippen molar-refractivity contribution in [3.8, 4) is 0 Å². The van der Waals surface area contributed by atoms with Crippen LogP contribution in [0.1, 0.15) is 30.7 Å². The molecule has 0 saturated carbocycles. The largest absolute Gasteiger partial charge is 0.343 e. The van der Waals surface area contributed by atoms with Gasteiger partial charge >= 0.3 is 0 Å². The Morgan fingerprint density at radius 1 is 1.31 bits per heavy atom. The van der Waals surface area contributed by atoms with Crippen molar-refractivity contribution in [3.63, 3.8) is 0 Å². The highest BCUT2D eigenvalue weighted by Crippen LogP contribution is 2.17. The second-order valence-corrected chi connectivity index (χ2v) is 6.93. The van der Waals surface area contributed by atoms with E-state index in [-0.39, 0.29) is 23.0 Å². The zero-order valence-corrected chi connectivity index (χ0v) is 16.4. The first-order chi connectivity index (χ1) is 12.4. The Morgan fingerprint density at radius 3 is 2.62 bits per heavy atom. The third kappa shape index (κ3) is 4.72. The van der Waals surface area contributed by atoms with Crippen molar-refractivity contribution in [3.05, 3.63) is 57.3 Å². The van der Waals surface area contributed by atoms with E-state index in [4.69, 9.17) is 0 Å². The van der Waals surface area contributed by atoms with Gasteiger partial charge in [-0.1, -0.05) is 23.9 Å². The molecule has 1 aromatic heterocycles. The Labute approximate surface area is 157 Å². The van der Waals surface area contributed by atoms with Gasteiger partial charge in [-0.15, -0.1) is 0 Å². The molecule has 0 aliphatic heterocycles. The van der Waals surface area contributed by atoms with Crippen LogP contribution in [0.15, 0.2) is 34.2 Å². The molecule has 140 valence electrons. The summed E-state index contributed by atoms with van der Waals surface area (Å²) in [6.45, 7) is 6.96. The fourth-order valence-electron chi connectivity index (χ4n) is 2.71. The highest BCUT2D eigenvalue weighted by molar-refractivity contribution is 7.99. The molecule has 1 amide bonds. The smallest absolute Gasteiger partial charge is 0.257 e. The lowest BCUT2D eigenvalue weighted by molar-refractivity contribution is -0.127. The van der Waals surface area contributed by atoms with E-state index >= 15 is 0 Å². The topological polar surface area (TPSA) is 55.2 Å². The summed E-state index contributed by atoms with van der Waals surface area (Å²) < 4.78 is 14.8. The summed E-state index contributed by atoms with van der Waals surface area (Å²) in [6, 6.07) is 6.21. The Balaban J connectivity index is 2.22. The van der Waals surface area contributed by atoms with Crippen LogP contribution in [0.25, 0.3) is 0 Å². The molecule has 0 fully saturated rings.